The minimum absolute atomic E-state index is 0.632. The molecule has 2 heterocycles. The summed E-state index contributed by atoms with van der Waals surface area (Å²) >= 11 is 0. The monoisotopic (exact) mass is 453 g/mol. The van der Waals surface area contributed by atoms with E-state index in [-0.39, 0.29) is 0 Å². The summed E-state index contributed by atoms with van der Waals surface area (Å²) in [6, 6.07) is 14.8. The molecule has 1 aliphatic carbocycles. The molecule has 174 valence electrons. The molecule has 4 aromatic rings. The summed E-state index contributed by atoms with van der Waals surface area (Å²) < 4.78 is 4.33. The zero-order valence-electron chi connectivity index (χ0n) is 19.9. The molecule has 5 rings (SSSR count). The van der Waals surface area contributed by atoms with Gasteiger partial charge in [-0.05, 0) is 67.1 Å². The first-order valence-electron chi connectivity index (χ1n) is 12.0. The molecule has 1 fully saturated rings. The lowest BCUT2D eigenvalue weighted by molar-refractivity contribution is 0.112. The van der Waals surface area contributed by atoms with Crippen molar-refractivity contribution in [2.24, 2.45) is 18.0 Å². The highest BCUT2D eigenvalue weighted by atomic mass is 16.1. The predicted octanol–water partition coefficient (Wildman–Crippen LogP) is 5.70. The molecule has 6 nitrogen and oxygen atoms in total. The molecule has 6 heteroatoms. The number of hydrogen-bond donors (Lipinski definition) is 0. The van der Waals surface area contributed by atoms with Crippen molar-refractivity contribution in [3.8, 4) is 0 Å². The van der Waals surface area contributed by atoms with E-state index >= 15 is 0 Å². The Morgan fingerprint density at radius 1 is 1.21 bits per heavy atom. The van der Waals surface area contributed by atoms with Gasteiger partial charge in [-0.1, -0.05) is 25.1 Å². The summed E-state index contributed by atoms with van der Waals surface area (Å²) in [6.07, 6.45) is 8.27. The quantitative estimate of drug-likeness (QED) is 0.229. The van der Waals surface area contributed by atoms with E-state index < -0.39 is 0 Å². The third-order valence-electron chi connectivity index (χ3n) is 6.71. The van der Waals surface area contributed by atoms with E-state index in [1.165, 1.54) is 29.4 Å². The second-order valence-electron chi connectivity index (χ2n) is 9.30. The molecule has 0 spiro atoms. The number of aliphatic imine (C=N–C) groups is 1. The van der Waals surface area contributed by atoms with Gasteiger partial charge in [0.15, 0.2) is 0 Å². The minimum atomic E-state index is 0.632. The number of para-hydroxylation sites is 1. The zero-order chi connectivity index (χ0) is 23.7. The molecule has 0 saturated heterocycles. The van der Waals surface area contributed by atoms with E-state index in [1.54, 1.807) is 0 Å². The average molecular weight is 454 g/mol. The van der Waals surface area contributed by atoms with Crippen LogP contribution in [0.15, 0.2) is 59.9 Å². The van der Waals surface area contributed by atoms with E-state index in [0.717, 1.165) is 54.2 Å². The van der Waals surface area contributed by atoms with Crippen LogP contribution in [0.2, 0.25) is 0 Å². The van der Waals surface area contributed by atoms with Gasteiger partial charge in [0.2, 0.25) is 0 Å². The molecule has 0 aliphatic heterocycles. The molecule has 0 unspecified atom stereocenters. The fraction of sp³-hybridized carbons (Fsp3) is 0.321. The van der Waals surface area contributed by atoms with Crippen LogP contribution in [0, 0.1) is 5.92 Å². The van der Waals surface area contributed by atoms with Crippen LogP contribution >= 0.6 is 0 Å². The van der Waals surface area contributed by atoms with Gasteiger partial charge in [0.25, 0.3) is 0 Å². The Bertz CT molecular complexity index is 1340. The van der Waals surface area contributed by atoms with Crippen molar-refractivity contribution in [3.63, 3.8) is 0 Å². The average Bonchev–Trinajstić information content (AvgIpc) is 3.49. The van der Waals surface area contributed by atoms with Crippen LogP contribution < -0.4 is 4.90 Å². The van der Waals surface area contributed by atoms with Crippen LogP contribution in [-0.2, 0) is 33.1 Å². The summed E-state index contributed by atoms with van der Waals surface area (Å²) in [7, 11) is 1.94. The number of fused-ring (bicyclic) bond motifs is 1. The highest BCUT2D eigenvalue weighted by Gasteiger charge is 2.25. The summed E-state index contributed by atoms with van der Waals surface area (Å²) in [5, 5.41) is 5.66. The number of aromatic nitrogens is 3. The Morgan fingerprint density at radius 2 is 2.03 bits per heavy atom. The number of carbonyl (C=O) groups excluding carboxylic acids is 1. The lowest BCUT2D eigenvalue weighted by atomic mass is 10.0. The third-order valence-corrected chi connectivity index (χ3v) is 6.71. The van der Waals surface area contributed by atoms with E-state index in [9.17, 15) is 4.79 Å². The number of aldehydes is 1. The van der Waals surface area contributed by atoms with Crippen LogP contribution in [0.3, 0.4) is 0 Å². The zero-order valence-corrected chi connectivity index (χ0v) is 19.9. The topological polar surface area (TPSA) is 55.4 Å². The van der Waals surface area contributed by atoms with Crippen molar-refractivity contribution in [3.05, 3.63) is 77.2 Å². The van der Waals surface area contributed by atoms with E-state index in [4.69, 9.17) is 0 Å². The van der Waals surface area contributed by atoms with Crippen molar-refractivity contribution in [2.75, 3.05) is 4.90 Å². The molecule has 34 heavy (non-hydrogen) atoms. The summed E-state index contributed by atoms with van der Waals surface area (Å²) in [4.78, 5) is 18.3. The standard InChI is InChI=1S/C28H31N5O/c1-4-23-11-21(19-34)12-26(29-2)28(23)32(16-22-14-30-31(3)15-22)18-25-13-24-7-5-6-8-27(24)33(25)17-20-9-10-20/h5-8,11-15,19-20H,2,4,9-10,16-18H2,1,3H3. The van der Waals surface area contributed by atoms with Gasteiger partial charge < -0.3 is 9.47 Å². The van der Waals surface area contributed by atoms with Gasteiger partial charge in [0.05, 0.1) is 24.1 Å². The third kappa shape index (κ3) is 4.40. The number of rotatable bonds is 10. The fourth-order valence-electron chi connectivity index (χ4n) is 4.88. The van der Waals surface area contributed by atoms with E-state index in [0.29, 0.717) is 12.1 Å². The predicted molar refractivity (Wildman–Crippen MR) is 138 cm³/mol. The Kier molecular flexibility index (Phi) is 6.05. The van der Waals surface area contributed by atoms with Crippen LogP contribution in [0.25, 0.3) is 10.9 Å². The van der Waals surface area contributed by atoms with Gasteiger partial charge in [0.1, 0.15) is 6.29 Å². The molecular formula is C28H31N5O. The Morgan fingerprint density at radius 3 is 2.71 bits per heavy atom. The van der Waals surface area contributed by atoms with Gasteiger partial charge >= 0.3 is 0 Å². The first-order valence-corrected chi connectivity index (χ1v) is 12.0. The Hall–Kier alpha value is -3.67. The molecule has 0 amide bonds. The maximum absolute atomic E-state index is 11.6. The lowest BCUT2D eigenvalue weighted by Crippen LogP contribution is -2.25. The molecule has 1 aliphatic rings. The smallest absolute Gasteiger partial charge is 0.150 e. The normalized spacial score (nSPS) is 13.4. The molecule has 2 aromatic carbocycles. The number of anilines is 1. The van der Waals surface area contributed by atoms with Gasteiger partial charge in [-0.15, -0.1) is 0 Å². The molecule has 1 saturated carbocycles. The molecule has 0 atom stereocenters. The molecule has 0 bridgehead atoms. The van der Waals surface area contributed by atoms with Crippen LogP contribution in [-0.4, -0.2) is 27.4 Å². The maximum Gasteiger partial charge on any atom is 0.150 e. The van der Waals surface area contributed by atoms with Crippen LogP contribution in [0.5, 0.6) is 0 Å². The second kappa shape index (κ2) is 9.29. The number of aryl methyl sites for hydroxylation is 2. The molecule has 2 aromatic heterocycles. The van der Waals surface area contributed by atoms with Gasteiger partial charge in [-0.3, -0.25) is 14.5 Å². The number of nitrogens with zero attached hydrogens (tertiary/aromatic N) is 5. The van der Waals surface area contributed by atoms with E-state index in [1.807, 2.05) is 30.1 Å². The van der Waals surface area contributed by atoms with Crippen LogP contribution in [0.4, 0.5) is 11.4 Å². The number of hydrogen-bond acceptors (Lipinski definition) is 4. The van der Waals surface area contributed by atoms with Gasteiger partial charge in [-0.2, -0.15) is 5.10 Å². The molecule has 0 radical (unpaired) electrons. The maximum atomic E-state index is 11.6. The van der Waals surface area contributed by atoms with Crippen molar-refractivity contribution in [2.45, 2.75) is 45.8 Å². The second-order valence-corrected chi connectivity index (χ2v) is 9.30. The highest BCUT2D eigenvalue weighted by Crippen LogP contribution is 2.38. The fourth-order valence-corrected chi connectivity index (χ4v) is 4.88. The minimum Gasteiger partial charge on any atom is -0.359 e. The first-order chi connectivity index (χ1) is 16.6. The van der Waals surface area contributed by atoms with Crippen molar-refractivity contribution < 1.29 is 4.79 Å². The van der Waals surface area contributed by atoms with Gasteiger partial charge in [0, 0.05) is 48.7 Å². The Labute approximate surface area is 200 Å². The largest absolute Gasteiger partial charge is 0.359 e. The SMILES string of the molecule is C=Nc1cc(C=O)cc(CC)c1N(Cc1cnn(C)c1)Cc1cc2ccccc2n1CC1CC1. The molecule has 0 N–H and O–H groups in total. The van der Waals surface area contributed by atoms with E-state index in [2.05, 4.69) is 69.7 Å². The number of carbonyl (C=O) groups is 1. The molecular weight excluding hydrogens is 422 g/mol. The first kappa shape index (κ1) is 22.1. The lowest BCUT2D eigenvalue weighted by Gasteiger charge is -2.29. The summed E-state index contributed by atoms with van der Waals surface area (Å²) in [5.74, 6) is 0.768. The number of benzene rings is 2. The summed E-state index contributed by atoms with van der Waals surface area (Å²) in [6.45, 7) is 8.42. The highest BCUT2D eigenvalue weighted by molar-refractivity contribution is 5.84. The van der Waals surface area contributed by atoms with Crippen molar-refractivity contribution in [1.82, 2.24) is 14.3 Å². The Balaban J connectivity index is 1.62. The van der Waals surface area contributed by atoms with Crippen molar-refractivity contribution >= 4 is 35.3 Å². The summed E-state index contributed by atoms with van der Waals surface area (Å²) in [5.41, 5.74) is 7.22. The van der Waals surface area contributed by atoms with Crippen LogP contribution in [0.1, 0.15) is 46.9 Å². The van der Waals surface area contributed by atoms with Gasteiger partial charge in [-0.25, -0.2) is 0 Å². The van der Waals surface area contributed by atoms with Crippen molar-refractivity contribution in [1.29, 1.82) is 0 Å².